The van der Waals surface area contributed by atoms with Gasteiger partial charge in [0, 0.05) is 20.9 Å². The largest absolute Gasteiger partial charge is 0.484 e. The summed E-state index contributed by atoms with van der Waals surface area (Å²) >= 11 is 3.36. The Bertz CT molecular complexity index is 1050. The number of furan rings is 1. The van der Waals surface area contributed by atoms with Gasteiger partial charge in [0.2, 0.25) is 0 Å². The van der Waals surface area contributed by atoms with Crippen LogP contribution in [0.25, 0.3) is 21.9 Å². The Morgan fingerprint density at radius 1 is 0.960 bits per heavy atom. The van der Waals surface area contributed by atoms with E-state index in [9.17, 15) is 4.79 Å². The Kier molecular flexibility index (Phi) is 4.15. The number of nitrogens with one attached hydrogen (secondary N) is 1. The predicted molar refractivity (Wildman–Crippen MR) is 102 cm³/mol. The molecule has 0 spiro atoms. The first-order valence-corrected chi connectivity index (χ1v) is 8.58. The molecule has 0 saturated carbocycles. The fourth-order valence-corrected chi connectivity index (χ4v) is 2.94. The lowest BCUT2D eigenvalue weighted by atomic mass is 10.1. The number of ether oxygens (including phenoxy) is 1. The van der Waals surface area contributed by atoms with Crippen LogP contribution >= 0.6 is 15.9 Å². The molecule has 4 aromatic rings. The number of carbonyl (C=O) groups excluding carboxylic acids is 1. The SMILES string of the molecule is O=C(COc1ccc(Br)cc1)Nc1ccc2oc3ccccc3c2c1. The molecule has 1 N–H and O–H groups in total. The second-order valence-corrected chi connectivity index (χ2v) is 6.52. The Balaban J connectivity index is 1.49. The molecular weight excluding hydrogens is 382 g/mol. The van der Waals surface area contributed by atoms with Crippen LogP contribution in [0.1, 0.15) is 0 Å². The average Bonchev–Trinajstić information content (AvgIpc) is 2.99. The fraction of sp³-hybridized carbons (Fsp3) is 0.0500. The van der Waals surface area contributed by atoms with E-state index in [1.807, 2.05) is 54.6 Å². The Morgan fingerprint density at radius 3 is 2.56 bits per heavy atom. The molecule has 4 rings (SSSR count). The summed E-state index contributed by atoms with van der Waals surface area (Å²) < 4.78 is 12.2. The van der Waals surface area contributed by atoms with Crippen molar-refractivity contribution in [2.24, 2.45) is 0 Å². The highest BCUT2D eigenvalue weighted by Gasteiger charge is 2.09. The van der Waals surface area contributed by atoms with Crippen LogP contribution in [-0.4, -0.2) is 12.5 Å². The second-order valence-electron chi connectivity index (χ2n) is 5.60. The number of fused-ring (bicyclic) bond motifs is 3. The number of halogens is 1. The average molecular weight is 396 g/mol. The second kappa shape index (κ2) is 6.61. The first-order valence-electron chi connectivity index (χ1n) is 7.78. The third kappa shape index (κ3) is 3.37. The molecule has 0 aliphatic carbocycles. The van der Waals surface area contributed by atoms with Crippen molar-refractivity contribution in [1.29, 1.82) is 0 Å². The number of hydrogen-bond donors (Lipinski definition) is 1. The minimum Gasteiger partial charge on any atom is -0.484 e. The van der Waals surface area contributed by atoms with Crippen molar-refractivity contribution in [3.05, 3.63) is 71.2 Å². The molecule has 124 valence electrons. The van der Waals surface area contributed by atoms with Crippen molar-refractivity contribution < 1.29 is 13.9 Å². The van der Waals surface area contributed by atoms with Gasteiger partial charge in [-0.3, -0.25) is 4.79 Å². The Morgan fingerprint density at radius 2 is 1.72 bits per heavy atom. The third-order valence-corrected chi connectivity index (χ3v) is 4.37. The lowest BCUT2D eigenvalue weighted by molar-refractivity contribution is -0.118. The van der Waals surface area contributed by atoms with Gasteiger partial charge in [-0.1, -0.05) is 34.1 Å². The molecular formula is C20H14BrNO3. The summed E-state index contributed by atoms with van der Waals surface area (Å²) in [6, 6.07) is 20.8. The molecule has 0 radical (unpaired) electrons. The van der Waals surface area contributed by atoms with E-state index in [-0.39, 0.29) is 12.5 Å². The lowest BCUT2D eigenvalue weighted by Crippen LogP contribution is -2.20. The monoisotopic (exact) mass is 395 g/mol. The minimum absolute atomic E-state index is 0.0498. The van der Waals surface area contributed by atoms with Gasteiger partial charge in [0.25, 0.3) is 5.91 Å². The zero-order valence-electron chi connectivity index (χ0n) is 13.2. The molecule has 1 aromatic heterocycles. The summed E-state index contributed by atoms with van der Waals surface area (Å²) in [5, 5.41) is 4.86. The smallest absolute Gasteiger partial charge is 0.262 e. The van der Waals surface area contributed by atoms with Crippen LogP contribution in [0.5, 0.6) is 5.75 Å². The topological polar surface area (TPSA) is 51.5 Å². The van der Waals surface area contributed by atoms with E-state index in [0.717, 1.165) is 26.4 Å². The van der Waals surface area contributed by atoms with Crippen molar-refractivity contribution in [3.8, 4) is 5.75 Å². The molecule has 0 bridgehead atoms. The molecule has 0 fully saturated rings. The van der Waals surface area contributed by atoms with Gasteiger partial charge in [-0.05, 0) is 48.5 Å². The molecule has 1 amide bonds. The van der Waals surface area contributed by atoms with E-state index in [1.54, 1.807) is 12.1 Å². The van der Waals surface area contributed by atoms with E-state index in [4.69, 9.17) is 9.15 Å². The van der Waals surface area contributed by atoms with Gasteiger partial charge in [0.15, 0.2) is 6.61 Å². The summed E-state index contributed by atoms with van der Waals surface area (Å²) in [6.07, 6.45) is 0. The predicted octanol–water partition coefficient (Wildman–Crippen LogP) is 5.37. The Hall–Kier alpha value is -2.79. The lowest BCUT2D eigenvalue weighted by Gasteiger charge is -2.07. The molecule has 0 saturated heterocycles. The van der Waals surface area contributed by atoms with Crippen molar-refractivity contribution >= 4 is 49.5 Å². The van der Waals surface area contributed by atoms with Gasteiger partial charge in [-0.25, -0.2) is 0 Å². The molecule has 3 aromatic carbocycles. The normalized spacial score (nSPS) is 10.9. The zero-order chi connectivity index (χ0) is 17.2. The van der Waals surface area contributed by atoms with E-state index in [2.05, 4.69) is 21.2 Å². The van der Waals surface area contributed by atoms with Crippen LogP contribution < -0.4 is 10.1 Å². The fourth-order valence-electron chi connectivity index (χ4n) is 2.68. The standard InChI is InChI=1S/C20H14BrNO3/c21-13-5-8-15(9-6-13)24-12-20(23)22-14-7-10-19-17(11-14)16-3-1-2-4-18(16)25-19/h1-11H,12H2,(H,22,23). The van der Waals surface area contributed by atoms with Crippen LogP contribution in [0.4, 0.5) is 5.69 Å². The van der Waals surface area contributed by atoms with Crippen molar-refractivity contribution in [2.75, 3.05) is 11.9 Å². The minimum atomic E-state index is -0.213. The molecule has 25 heavy (non-hydrogen) atoms. The molecule has 0 unspecified atom stereocenters. The quantitative estimate of drug-likeness (QED) is 0.505. The van der Waals surface area contributed by atoms with Crippen LogP contribution in [-0.2, 0) is 4.79 Å². The number of amides is 1. The van der Waals surface area contributed by atoms with E-state index >= 15 is 0 Å². The maximum Gasteiger partial charge on any atom is 0.262 e. The maximum atomic E-state index is 12.1. The number of anilines is 1. The van der Waals surface area contributed by atoms with Crippen LogP contribution in [0.2, 0.25) is 0 Å². The Labute approximate surface area is 152 Å². The molecule has 5 heteroatoms. The summed E-state index contributed by atoms with van der Waals surface area (Å²) in [5.74, 6) is 0.435. The first-order chi connectivity index (χ1) is 12.2. The van der Waals surface area contributed by atoms with E-state index in [0.29, 0.717) is 11.4 Å². The highest BCUT2D eigenvalue weighted by Crippen LogP contribution is 2.30. The van der Waals surface area contributed by atoms with Gasteiger partial charge < -0.3 is 14.5 Å². The maximum absolute atomic E-state index is 12.1. The van der Waals surface area contributed by atoms with E-state index in [1.165, 1.54) is 0 Å². The molecule has 0 aliphatic rings. The van der Waals surface area contributed by atoms with Crippen LogP contribution in [0, 0.1) is 0 Å². The number of hydrogen-bond acceptors (Lipinski definition) is 3. The molecule has 0 atom stereocenters. The highest BCUT2D eigenvalue weighted by molar-refractivity contribution is 9.10. The van der Waals surface area contributed by atoms with Crippen molar-refractivity contribution in [2.45, 2.75) is 0 Å². The number of benzene rings is 3. The van der Waals surface area contributed by atoms with E-state index < -0.39 is 0 Å². The summed E-state index contributed by atoms with van der Waals surface area (Å²) in [7, 11) is 0. The molecule has 0 aliphatic heterocycles. The number of para-hydroxylation sites is 1. The van der Waals surface area contributed by atoms with Crippen molar-refractivity contribution in [1.82, 2.24) is 0 Å². The van der Waals surface area contributed by atoms with Gasteiger partial charge in [0.05, 0.1) is 0 Å². The summed E-state index contributed by atoms with van der Waals surface area (Å²) in [5.41, 5.74) is 2.34. The van der Waals surface area contributed by atoms with Gasteiger partial charge in [0.1, 0.15) is 16.9 Å². The number of rotatable bonds is 4. The van der Waals surface area contributed by atoms with Gasteiger partial charge >= 0.3 is 0 Å². The summed E-state index contributed by atoms with van der Waals surface area (Å²) in [6.45, 7) is -0.0498. The van der Waals surface area contributed by atoms with Gasteiger partial charge in [-0.2, -0.15) is 0 Å². The first kappa shape index (κ1) is 15.7. The zero-order valence-corrected chi connectivity index (χ0v) is 14.7. The van der Waals surface area contributed by atoms with Gasteiger partial charge in [-0.15, -0.1) is 0 Å². The highest BCUT2D eigenvalue weighted by atomic mass is 79.9. The third-order valence-electron chi connectivity index (χ3n) is 3.84. The molecule has 1 heterocycles. The van der Waals surface area contributed by atoms with Crippen LogP contribution in [0.3, 0.4) is 0 Å². The summed E-state index contributed by atoms with van der Waals surface area (Å²) in [4.78, 5) is 12.1. The number of carbonyl (C=O) groups is 1. The molecule has 4 nitrogen and oxygen atoms in total. The van der Waals surface area contributed by atoms with Crippen molar-refractivity contribution in [3.63, 3.8) is 0 Å². The van der Waals surface area contributed by atoms with Crippen LogP contribution in [0.15, 0.2) is 75.6 Å².